The summed E-state index contributed by atoms with van der Waals surface area (Å²) in [6.07, 6.45) is 1.63. The lowest BCUT2D eigenvalue weighted by Crippen LogP contribution is -2.24. The predicted octanol–water partition coefficient (Wildman–Crippen LogP) is 2.71. The van der Waals surface area contributed by atoms with Crippen LogP contribution in [0.5, 0.6) is 5.75 Å². The zero-order chi connectivity index (χ0) is 14.4. The van der Waals surface area contributed by atoms with Crippen LogP contribution in [0.15, 0.2) is 47.1 Å². The number of carboxylic acid groups (broad SMARTS) is 1. The van der Waals surface area contributed by atoms with Crippen molar-refractivity contribution in [3.63, 3.8) is 0 Å². The fourth-order valence-electron chi connectivity index (χ4n) is 1.84. The van der Waals surface area contributed by atoms with Crippen molar-refractivity contribution in [1.82, 2.24) is 5.32 Å². The van der Waals surface area contributed by atoms with Gasteiger partial charge in [-0.2, -0.15) is 0 Å². The van der Waals surface area contributed by atoms with Crippen LogP contribution in [0.1, 0.15) is 29.1 Å². The van der Waals surface area contributed by atoms with Gasteiger partial charge in [0.15, 0.2) is 0 Å². The number of furan rings is 1. The molecule has 0 radical (unpaired) electrons. The van der Waals surface area contributed by atoms with E-state index in [2.05, 4.69) is 5.32 Å². The van der Waals surface area contributed by atoms with Gasteiger partial charge >= 0.3 is 5.97 Å². The third-order valence-corrected chi connectivity index (χ3v) is 2.90. The Morgan fingerprint density at radius 3 is 2.85 bits per heavy atom. The number of carboxylic acids is 1. The van der Waals surface area contributed by atoms with Gasteiger partial charge in [0.05, 0.1) is 12.3 Å². The van der Waals surface area contributed by atoms with E-state index in [-0.39, 0.29) is 11.6 Å². The number of benzene rings is 1. The summed E-state index contributed by atoms with van der Waals surface area (Å²) in [7, 11) is 0. The lowest BCUT2D eigenvalue weighted by atomic mass is 10.2. The van der Waals surface area contributed by atoms with Gasteiger partial charge in [0, 0.05) is 6.54 Å². The molecule has 5 nitrogen and oxygen atoms in total. The lowest BCUT2D eigenvalue weighted by molar-refractivity contribution is 0.0692. The molecule has 0 spiro atoms. The van der Waals surface area contributed by atoms with Gasteiger partial charge in [-0.1, -0.05) is 12.1 Å². The highest BCUT2D eigenvalue weighted by atomic mass is 16.5. The van der Waals surface area contributed by atoms with E-state index in [1.54, 1.807) is 24.5 Å². The Labute approximate surface area is 117 Å². The molecule has 2 aromatic rings. The van der Waals surface area contributed by atoms with E-state index in [4.69, 9.17) is 14.3 Å². The number of aromatic carboxylic acids is 1. The molecule has 0 aliphatic rings. The SMILES string of the molecule is C[C@H](NCCOc1ccccc1C(=O)O)c1ccco1. The van der Waals surface area contributed by atoms with E-state index < -0.39 is 5.97 Å². The molecule has 5 heteroatoms. The Hall–Kier alpha value is -2.27. The second-order valence-corrected chi connectivity index (χ2v) is 4.34. The van der Waals surface area contributed by atoms with Crippen LogP contribution < -0.4 is 10.1 Å². The molecule has 106 valence electrons. The molecule has 20 heavy (non-hydrogen) atoms. The van der Waals surface area contributed by atoms with Crippen molar-refractivity contribution in [3.8, 4) is 5.75 Å². The van der Waals surface area contributed by atoms with Crippen LogP contribution in [-0.2, 0) is 0 Å². The Balaban J connectivity index is 1.80. The van der Waals surface area contributed by atoms with E-state index in [0.29, 0.717) is 18.9 Å². The molecule has 1 aromatic heterocycles. The zero-order valence-corrected chi connectivity index (χ0v) is 11.2. The molecule has 2 N–H and O–H groups in total. The number of para-hydroxylation sites is 1. The first-order valence-corrected chi connectivity index (χ1v) is 6.40. The minimum absolute atomic E-state index is 0.0864. The second kappa shape index (κ2) is 6.77. The van der Waals surface area contributed by atoms with Crippen molar-refractivity contribution in [2.24, 2.45) is 0 Å². The van der Waals surface area contributed by atoms with Crippen molar-refractivity contribution < 1.29 is 19.1 Å². The summed E-state index contributed by atoms with van der Waals surface area (Å²) >= 11 is 0. The van der Waals surface area contributed by atoms with Crippen LogP contribution in [0.2, 0.25) is 0 Å². The van der Waals surface area contributed by atoms with Gasteiger partial charge in [-0.15, -0.1) is 0 Å². The van der Waals surface area contributed by atoms with Crippen molar-refractivity contribution >= 4 is 5.97 Å². The van der Waals surface area contributed by atoms with E-state index in [1.807, 2.05) is 19.1 Å². The number of rotatable bonds is 7. The quantitative estimate of drug-likeness (QED) is 0.760. The third kappa shape index (κ3) is 3.61. The minimum Gasteiger partial charge on any atom is -0.491 e. The molecule has 1 heterocycles. The first-order chi connectivity index (χ1) is 9.68. The predicted molar refractivity (Wildman–Crippen MR) is 74.0 cm³/mol. The molecular formula is C15H17NO4. The first-order valence-electron chi connectivity index (χ1n) is 6.40. The molecule has 1 aromatic carbocycles. The molecule has 0 aliphatic carbocycles. The average Bonchev–Trinajstić information content (AvgIpc) is 2.98. The summed E-state index contributed by atoms with van der Waals surface area (Å²) in [6.45, 7) is 2.97. The van der Waals surface area contributed by atoms with Gasteiger partial charge < -0.3 is 19.6 Å². The maximum atomic E-state index is 11.0. The summed E-state index contributed by atoms with van der Waals surface area (Å²) in [6, 6.07) is 10.4. The van der Waals surface area contributed by atoms with Crippen molar-refractivity contribution in [2.45, 2.75) is 13.0 Å². The summed E-state index contributed by atoms with van der Waals surface area (Å²) in [5.74, 6) is 0.251. The van der Waals surface area contributed by atoms with Gasteiger partial charge in [-0.05, 0) is 31.2 Å². The Morgan fingerprint density at radius 2 is 2.15 bits per heavy atom. The fraction of sp³-hybridized carbons (Fsp3) is 0.267. The Kier molecular flexibility index (Phi) is 4.79. The van der Waals surface area contributed by atoms with E-state index in [1.165, 1.54) is 6.07 Å². The van der Waals surface area contributed by atoms with Crippen LogP contribution in [0, 0.1) is 0 Å². The Bertz CT molecular complexity index is 551. The topological polar surface area (TPSA) is 71.7 Å². The number of nitrogens with one attached hydrogen (secondary N) is 1. The van der Waals surface area contributed by atoms with Crippen LogP contribution in [0.3, 0.4) is 0 Å². The summed E-state index contributed by atoms with van der Waals surface area (Å²) in [5.41, 5.74) is 0.173. The standard InChI is InChI=1S/C15H17NO4/c1-11(13-7-4-9-19-13)16-8-10-20-14-6-3-2-5-12(14)15(17)18/h2-7,9,11,16H,8,10H2,1H3,(H,17,18)/t11-/m0/s1. The monoisotopic (exact) mass is 275 g/mol. The smallest absolute Gasteiger partial charge is 0.339 e. The summed E-state index contributed by atoms with van der Waals surface area (Å²) in [4.78, 5) is 11.0. The normalized spacial score (nSPS) is 12.1. The lowest BCUT2D eigenvalue weighted by Gasteiger charge is -2.13. The number of hydrogen-bond acceptors (Lipinski definition) is 4. The van der Waals surface area contributed by atoms with E-state index >= 15 is 0 Å². The summed E-state index contributed by atoms with van der Waals surface area (Å²) < 4.78 is 10.8. The molecule has 0 saturated carbocycles. The van der Waals surface area contributed by atoms with Crippen LogP contribution in [0.4, 0.5) is 0 Å². The maximum Gasteiger partial charge on any atom is 0.339 e. The number of carbonyl (C=O) groups is 1. The highest BCUT2D eigenvalue weighted by Gasteiger charge is 2.10. The maximum absolute atomic E-state index is 11.0. The van der Waals surface area contributed by atoms with Gasteiger partial charge in [0.25, 0.3) is 0 Å². The van der Waals surface area contributed by atoms with Crippen LogP contribution >= 0.6 is 0 Å². The molecule has 0 amide bonds. The Morgan fingerprint density at radius 1 is 1.35 bits per heavy atom. The largest absolute Gasteiger partial charge is 0.491 e. The van der Waals surface area contributed by atoms with Gasteiger partial charge in [0.1, 0.15) is 23.7 Å². The second-order valence-electron chi connectivity index (χ2n) is 4.34. The third-order valence-electron chi connectivity index (χ3n) is 2.90. The van der Waals surface area contributed by atoms with E-state index in [0.717, 1.165) is 5.76 Å². The van der Waals surface area contributed by atoms with E-state index in [9.17, 15) is 4.79 Å². The van der Waals surface area contributed by atoms with Crippen molar-refractivity contribution in [1.29, 1.82) is 0 Å². The first kappa shape index (κ1) is 14.1. The van der Waals surface area contributed by atoms with Gasteiger partial charge in [-0.3, -0.25) is 0 Å². The van der Waals surface area contributed by atoms with Crippen molar-refractivity contribution in [3.05, 3.63) is 54.0 Å². The molecule has 0 fully saturated rings. The van der Waals surface area contributed by atoms with Crippen LogP contribution in [0.25, 0.3) is 0 Å². The molecule has 2 rings (SSSR count). The zero-order valence-electron chi connectivity index (χ0n) is 11.2. The van der Waals surface area contributed by atoms with Crippen LogP contribution in [-0.4, -0.2) is 24.2 Å². The number of ether oxygens (including phenoxy) is 1. The van der Waals surface area contributed by atoms with Gasteiger partial charge in [0.2, 0.25) is 0 Å². The molecule has 0 unspecified atom stereocenters. The molecule has 1 atom stereocenters. The molecule has 0 aliphatic heterocycles. The van der Waals surface area contributed by atoms with Gasteiger partial charge in [-0.25, -0.2) is 4.79 Å². The molecule has 0 bridgehead atoms. The molecular weight excluding hydrogens is 258 g/mol. The highest BCUT2D eigenvalue weighted by Crippen LogP contribution is 2.17. The number of hydrogen-bond donors (Lipinski definition) is 2. The average molecular weight is 275 g/mol. The minimum atomic E-state index is -0.988. The van der Waals surface area contributed by atoms with Crippen molar-refractivity contribution in [2.75, 3.05) is 13.2 Å². The fourth-order valence-corrected chi connectivity index (χ4v) is 1.84. The highest BCUT2D eigenvalue weighted by molar-refractivity contribution is 5.90. The summed E-state index contributed by atoms with van der Waals surface area (Å²) in [5, 5.41) is 12.3. The molecule has 0 saturated heterocycles.